The number of rotatable bonds is 7. The highest BCUT2D eigenvalue weighted by Gasteiger charge is 2.47. The Labute approximate surface area is 125 Å². The van der Waals surface area contributed by atoms with E-state index in [1.54, 1.807) is 12.4 Å². The molecule has 0 spiro atoms. The van der Waals surface area contributed by atoms with Crippen LogP contribution in [0.15, 0.2) is 24.5 Å². The number of nitrogens with zero attached hydrogens (tertiary/aromatic N) is 1. The molecule has 5 heteroatoms. The average molecular weight is 289 g/mol. The fourth-order valence-electron chi connectivity index (χ4n) is 2.21. The summed E-state index contributed by atoms with van der Waals surface area (Å²) in [5.74, 6) is 0.231. The summed E-state index contributed by atoms with van der Waals surface area (Å²) in [7, 11) is 0. The molecular formula is C16H23N3O2. The lowest BCUT2D eigenvalue weighted by molar-refractivity contribution is -0.127. The third-order valence-electron chi connectivity index (χ3n) is 3.67. The predicted molar refractivity (Wildman–Crippen MR) is 80.1 cm³/mol. The predicted octanol–water partition coefficient (Wildman–Crippen LogP) is 1.50. The molecule has 0 aromatic carbocycles. The summed E-state index contributed by atoms with van der Waals surface area (Å²) in [4.78, 5) is 27.8. The normalized spacial score (nSPS) is 20.1. The highest BCUT2D eigenvalue weighted by molar-refractivity contribution is 5.92. The second-order valence-electron chi connectivity index (χ2n) is 6.00. The van der Waals surface area contributed by atoms with Gasteiger partial charge in [-0.05, 0) is 30.4 Å². The number of aromatic nitrogens is 1. The average Bonchev–Trinajstić information content (AvgIpc) is 3.26. The largest absolute Gasteiger partial charge is 0.356 e. The Bertz CT molecular complexity index is 488. The van der Waals surface area contributed by atoms with Crippen LogP contribution < -0.4 is 10.6 Å². The van der Waals surface area contributed by atoms with Crippen LogP contribution in [-0.2, 0) is 16.1 Å². The van der Waals surface area contributed by atoms with Gasteiger partial charge in [0.05, 0.1) is 11.8 Å². The van der Waals surface area contributed by atoms with E-state index in [0.29, 0.717) is 25.4 Å². The third-order valence-corrected chi connectivity index (χ3v) is 3.67. The molecule has 1 saturated carbocycles. The second kappa shape index (κ2) is 7.20. The van der Waals surface area contributed by atoms with E-state index in [2.05, 4.69) is 29.5 Å². The molecule has 21 heavy (non-hydrogen) atoms. The quantitative estimate of drug-likeness (QED) is 0.799. The van der Waals surface area contributed by atoms with E-state index >= 15 is 0 Å². The van der Waals surface area contributed by atoms with Crippen LogP contribution in [0.4, 0.5) is 0 Å². The van der Waals surface area contributed by atoms with E-state index in [4.69, 9.17) is 0 Å². The molecule has 1 aromatic heterocycles. The molecule has 1 aliphatic carbocycles. The van der Waals surface area contributed by atoms with Crippen LogP contribution in [0.1, 0.15) is 32.3 Å². The lowest BCUT2D eigenvalue weighted by Crippen LogP contribution is -2.30. The molecule has 2 rings (SSSR count). The maximum absolute atomic E-state index is 12.0. The lowest BCUT2D eigenvalue weighted by Gasteiger charge is -2.07. The molecule has 1 fully saturated rings. The Morgan fingerprint density at radius 2 is 2.00 bits per heavy atom. The minimum Gasteiger partial charge on any atom is -0.356 e. The SMILES string of the molecule is CC(C)CCNC(=O)C1CC1C(=O)NCc1cccnc1. The van der Waals surface area contributed by atoms with Crippen LogP contribution >= 0.6 is 0 Å². The van der Waals surface area contributed by atoms with Gasteiger partial charge in [0.25, 0.3) is 0 Å². The number of pyridine rings is 1. The van der Waals surface area contributed by atoms with Crippen molar-refractivity contribution in [2.45, 2.75) is 33.2 Å². The van der Waals surface area contributed by atoms with Crippen molar-refractivity contribution in [3.8, 4) is 0 Å². The highest BCUT2D eigenvalue weighted by Crippen LogP contribution is 2.38. The number of carbonyl (C=O) groups is 2. The van der Waals surface area contributed by atoms with Crippen LogP contribution in [0.25, 0.3) is 0 Å². The molecule has 1 aliphatic rings. The number of amides is 2. The summed E-state index contributed by atoms with van der Waals surface area (Å²) in [6, 6.07) is 3.75. The van der Waals surface area contributed by atoms with Gasteiger partial charge in [-0.2, -0.15) is 0 Å². The van der Waals surface area contributed by atoms with Crippen LogP contribution in [0.5, 0.6) is 0 Å². The van der Waals surface area contributed by atoms with E-state index in [-0.39, 0.29) is 23.7 Å². The summed E-state index contributed by atoms with van der Waals surface area (Å²) in [6.45, 7) is 5.40. The Morgan fingerprint density at radius 3 is 2.62 bits per heavy atom. The van der Waals surface area contributed by atoms with Gasteiger partial charge in [0.15, 0.2) is 0 Å². The van der Waals surface area contributed by atoms with Crippen molar-refractivity contribution in [3.63, 3.8) is 0 Å². The first kappa shape index (κ1) is 15.5. The van der Waals surface area contributed by atoms with Crippen molar-refractivity contribution < 1.29 is 9.59 Å². The van der Waals surface area contributed by atoms with E-state index in [9.17, 15) is 9.59 Å². The zero-order valence-electron chi connectivity index (χ0n) is 12.6. The highest BCUT2D eigenvalue weighted by atomic mass is 16.2. The molecule has 1 heterocycles. The van der Waals surface area contributed by atoms with Gasteiger partial charge in [-0.1, -0.05) is 19.9 Å². The first-order valence-electron chi connectivity index (χ1n) is 7.52. The standard InChI is InChI=1S/C16H23N3O2/c1-11(2)5-7-18-15(20)13-8-14(13)16(21)19-10-12-4-3-6-17-9-12/h3-4,6,9,11,13-14H,5,7-8,10H2,1-2H3,(H,18,20)(H,19,21). The number of nitrogens with one attached hydrogen (secondary N) is 2. The van der Waals surface area contributed by atoms with Gasteiger partial charge in [-0.3, -0.25) is 14.6 Å². The molecule has 2 N–H and O–H groups in total. The first-order chi connectivity index (χ1) is 10.1. The fourth-order valence-corrected chi connectivity index (χ4v) is 2.21. The molecule has 0 aliphatic heterocycles. The number of hydrogen-bond donors (Lipinski definition) is 2. The molecular weight excluding hydrogens is 266 g/mol. The molecule has 0 bridgehead atoms. The minimum atomic E-state index is -0.166. The Balaban J connectivity index is 1.67. The van der Waals surface area contributed by atoms with E-state index < -0.39 is 0 Å². The third kappa shape index (κ3) is 4.85. The zero-order valence-corrected chi connectivity index (χ0v) is 12.6. The Morgan fingerprint density at radius 1 is 1.29 bits per heavy atom. The Kier molecular flexibility index (Phi) is 5.31. The summed E-state index contributed by atoms with van der Waals surface area (Å²) in [5.41, 5.74) is 0.962. The van der Waals surface area contributed by atoms with Crippen molar-refractivity contribution in [1.29, 1.82) is 0 Å². The van der Waals surface area contributed by atoms with Crippen molar-refractivity contribution in [2.24, 2.45) is 17.8 Å². The summed E-state index contributed by atoms with van der Waals surface area (Å²) >= 11 is 0. The van der Waals surface area contributed by atoms with Gasteiger partial charge in [0, 0.05) is 25.5 Å². The fraction of sp³-hybridized carbons (Fsp3) is 0.562. The zero-order chi connectivity index (χ0) is 15.2. The summed E-state index contributed by atoms with van der Waals surface area (Å²) in [5, 5.41) is 5.77. The van der Waals surface area contributed by atoms with Gasteiger partial charge in [0.1, 0.15) is 0 Å². The van der Waals surface area contributed by atoms with Gasteiger partial charge in [0.2, 0.25) is 11.8 Å². The van der Waals surface area contributed by atoms with Crippen molar-refractivity contribution in [1.82, 2.24) is 15.6 Å². The van der Waals surface area contributed by atoms with Gasteiger partial charge < -0.3 is 10.6 Å². The van der Waals surface area contributed by atoms with Gasteiger partial charge in [-0.15, -0.1) is 0 Å². The van der Waals surface area contributed by atoms with Crippen molar-refractivity contribution in [3.05, 3.63) is 30.1 Å². The van der Waals surface area contributed by atoms with Crippen LogP contribution in [0.2, 0.25) is 0 Å². The lowest BCUT2D eigenvalue weighted by atomic mass is 10.1. The number of carbonyl (C=O) groups excluding carboxylic acids is 2. The van der Waals surface area contributed by atoms with Gasteiger partial charge >= 0.3 is 0 Å². The molecule has 5 nitrogen and oxygen atoms in total. The molecule has 1 aromatic rings. The molecule has 2 amide bonds. The van der Waals surface area contributed by atoms with Crippen molar-refractivity contribution >= 4 is 11.8 Å². The number of hydrogen-bond acceptors (Lipinski definition) is 3. The van der Waals surface area contributed by atoms with Crippen LogP contribution in [-0.4, -0.2) is 23.3 Å². The first-order valence-corrected chi connectivity index (χ1v) is 7.52. The smallest absolute Gasteiger partial charge is 0.224 e. The molecule has 2 unspecified atom stereocenters. The van der Waals surface area contributed by atoms with E-state index in [1.807, 2.05) is 12.1 Å². The molecule has 0 saturated heterocycles. The van der Waals surface area contributed by atoms with Crippen LogP contribution in [0, 0.1) is 17.8 Å². The summed E-state index contributed by atoms with van der Waals surface area (Å²) in [6.07, 6.45) is 5.05. The van der Waals surface area contributed by atoms with Gasteiger partial charge in [-0.25, -0.2) is 0 Å². The van der Waals surface area contributed by atoms with E-state index in [1.165, 1.54) is 0 Å². The second-order valence-corrected chi connectivity index (χ2v) is 6.00. The maximum Gasteiger partial charge on any atom is 0.224 e. The molecule has 0 radical (unpaired) electrons. The maximum atomic E-state index is 12.0. The summed E-state index contributed by atoms with van der Waals surface area (Å²) < 4.78 is 0. The molecule has 2 atom stereocenters. The minimum absolute atomic E-state index is 0.0113. The molecule has 114 valence electrons. The van der Waals surface area contributed by atoms with Crippen LogP contribution in [0.3, 0.4) is 0 Å². The topological polar surface area (TPSA) is 71.1 Å². The Hall–Kier alpha value is -1.91. The van der Waals surface area contributed by atoms with E-state index in [0.717, 1.165) is 12.0 Å². The van der Waals surface area contributed by atoms with Crippen molar-refractivity contribution in [2.75, 3.05) is 6.54 Å². The monoisotopic (exact) mass is 289 g/mol.